The van der Waals surface area contributed by atoms with Crippen molar-refractivity contribution in [2.45, 2.75) is 17.2 Å². The smallest absolute Gasteiger partial charge is 0.316 e. The van der Waals surface area contributed by atoms with Crippen LogP contribution in [-0.2, 0) is 15.0 Å². The van der Waals surface area contributed by atoms with Crippen LogP contribution in [-0.4, -0.2) is 34.4 Å². The van der Waals surface area contributed by atoms with Gasteiger partial charge < -0.3 is 15.5 Å². The van der Waals surface area contributed by atoms with E-state index in [0.29, 0.717) is 17.0 Å². The van der Waals surface area contributed by atoms with Crippen molar-refractivity contribution in [3.63, 3.8) is 0 Å². The molecule has 1 amide bonds. The Hall–Kier alpha value is -1.53. The highest BCUT2D eigenvalue weighted by molar-refractivity contribution is 8.00. The molecule has 3 N–H and O–H groups in total. The molecule has 0 fully saturated rings. The molecule has 0 saturated heterocycles. The Morgan fingerprint density at radius 1 is 1.56 bits per heavy atom. The van der Waals surface area contributed by atoms with Crippen LogP contribution >= 0.6 is 11.8 Å². The number of carbonyl (C=O) groups is 2. The molecule has 0 bridgehead atoms. The van der Waals surface area contributed by atoms with E-state index in [9.17, 15) is 19.8 Å². The van der Waals surface area contributed by atoms with Gasteiger partial charge in [0.2, 0.25) is 5.91 Å². The summed E-state index contributed by atoms with van der Waals surface area (Å²) in [6, 6.07) is 5.06. The monoisotopic (exact) mass is 267 g/mol. The van der Waals surface area contributed by atoms with Crippen molar-refractivity contribution in [1.82, 2.24) is 0 Å². The van der Waals surface area contributed by atoms with Crippen LogP contribution in [0.5, 0.6) is 0 Å². The average Bonchev–Trinajstić information content (AvgIpc) is 2.36. The number of aliphatic hydroxyl groups is 1. The predicted molar refractivity (Wildman–Crippen MR) is 67.9 cm³/mol. The van der Waals surface area contributed by atoms with Crippen molar-refractivity contribution >= 4 is 29.3 Å². The Labute approximate surface area is 108 Å². The molecule has 1 atom stereocenters. The van der Waals surface area contributed by atoms with Crippen LogP contribution in [0.25, 0.3) is 0 Å². The van der Waals surface area contributed by atoms with Gasteiger partial charge >= 0.3 is 5.97 Å². The second kappa shape index (κ2) is 4.62. The fourth-order valence-corrected chi connectivity index (χ4v) is 2.50. The van der Waals surface area contributed by atoms with Crippen molar-refractivity contribution in [2.24, 2.45) is 0 Å². The topological polar surface area (TPSA) is 86.6 Å². The molecule has 0 aliphatic carbocycles. The van der Waals surface area contributed by atoms with E-state index in [1.807, 2.05) is 0 Å². The standard InChI is InChI=1S/C12H13NO4S/c1-12(6-14,11(16)17)7-2-3-9-8(4-7)13-10(15)5-18-9/h2-4,14H,5-6H2,1H3,(H,13,15)(H,16,17). The first-order valence-electron chi connectivity index (χ1n) is 5.39. The maximum absolute atomic E-state index is 11.3. The normalized spacial score (nSPS) is 17.6. The molecular weight excluding hydrogens is 254 g/mol. The molecule has 2 rings (SSSR count). The minimum absolute atomic E-state index is 0.106. The number of carbonyl (C=O) groups excluding carboxylic acids is 1. The highest BCUT2D eigenvalue weighted by Gasteiger charge is 2.35. The Balaban J connectivity index is 2.45. The Morgan fingerprint density at radius 2 is 2.28 bits per heavy atom. The van der Waals surface area contributed by atoms with Crippen LogP contribution in [0, 0.1) is 0 Å². The van der Waals surface area contributed by atoms with Gasteiger partial charge in [-0.15, -0.1) is 11.8 Å². The predicted octanol–water partition coefficient (Wildman–Crippen LogP) is 1.07. The van der Waals surface area contributed by atoms with E-state index in [1.54, 1.807) is 18.2 Å². The fourth-order valence-electron chi connectivity index (χ4n) is 1.71. The second-order valence-electron chi connectivity index (χ2n) is 4.34. The van der Waals surface area contributed by atoms with Gasteiger partial charge in [0.25, 0.3) is 0 Å². The highest BCUT2D eigenvalue weighted by Crippen LogP contribution is 2.35. The lowest BCUT2D eigenvalue weighted by Gasteiger charge is -2.25. The summed E-state index contributed by atoms with van der Waals surface area (Å²) in [5.41, 5.74) is -0.282. The third-order valence-electron chi connectivity index (χ3n) is 3.04. The van der Waals surface area contributed by atoms with Crippen LogP contribution in [0.3, 0.4) is 0 Å². The third-order valence-corrected chi connectivity index (χ3v) is 4.11. The number of thioether (sulfide) groups is 1. The van der Waals surface area contributed by atoms with Crippen molar-refractivity contribution in [1.29, 1.82) is 0 Å². The largest absolute Gasteiger partial charge is 0.481 e. The number of carboxylic acids is 1. The Morgan fingerprint density at radius 3 is 2.89 bits per heavy atom. The minimum atomic E-state index is -1.36. The molecule has 5 nitrogen and oxygen atoms in total. The van der Waals surface area contributed by atoms with E-state index in [0.717, 1.165) is 4.90 Å². The first kappa shape index (κ1) is 12.9. The number of anilines is 1. The summed E-state index contributed by atoms with van der Waals surface area (Å²) in [5, 5.41) is 21.2. The van der Waals surface area contributed by atoms with Gasteiger partial charge in [0.15, 0.2) is 0 Å². The molecule has 6 heteroatoms. The van der Waals surface area contributed by atoms with E-state index in [-0.39, 0.29) is 5.91 Å². The highest BCUT2D eigenvalue weighted by atomic mass is 32.2. The fraction of sp³-hybridized carbons (Fsp3) is 0.333. The summed E-state index contributed by atoms with van der Waals surface area (Å²) in [7, 11) is 0. The molecule has 18 heavy (non-hydrogen) atoms. The van der Waals surface area contributed by atoms with E-state index in [1.165, 1.54) is 18.7 Å². The number of amides is 1. The van der Waals surface area contributed by atoms with Crippen LogP contribution < -0.4 is 5.32 Å². The molecule has 0 aromatic heterocycles. The number of aliphatic carboxylic acids is 1. The zero-order valence-corrected chi connectivity index (χ0v) is 10.6. The molecule has 1 aliphatic heterocycles. The Bertz CT molecular complexity index is 517. The molecule has 0 spiro atoms. The SMILES string of the molecule is CC(CO)(C(=O)O)c1ccc2c(c1)NC(=O)CS2. The van der Waals surface area contributed by atoms with Gasteiger partial charge in [-0.05, 0) is 24.6 Å². The van der Waals surface area contributed by atoms with Gasteiger partial charge in [0.1, 0.15) is 5.41 Å². The van der Waals surface area contributed by atoms with Gasteiger partial charge in [-0.2, -0.15) is 0 Å². The van der Waals surface area contributed by atoms with Gasteiger partial charge in [0, 0.05) is 4.90 Å². The number of hydrogen-bond acceptors (Lipinski definition) is 4. The van der Waals surface area contributed by atoms with E-state index < -0.39 is 18.0 Å². The third kappa shape index (κ3) is 2.09. The molecule has 0 saturated carbocycles. The zero-order chi connectivity index (χ0) is 13.3. The number of fused-ring (bicyclic) bond motifs is 1. The van der Waals surface area contributed by atoms with Crippen LogP contribution in [0.4, 0.5) is 5.69 Å². The van der Waals surface area contributed by atoms with Crippen LogP contribution in [0.15, 0.2) is 23.1 Å². The van der Waals surface area contributed by atoms with Gasteiger partial charge in [-0.25, -0.2) is 0 Å². The second-order valence-corrected chi connectivity index (χ2v) is 5.36. The first-order chi connectivity index (χ1) is 8.47. The lowest BCUT2D eigenvalue weighted by atomic mass is 9.83. The van der Waals surface area contributed by atoms with E-state index >= 15 is 0 Å². The number of rotatable bonds is 3. The lowest BCUT2D eigenvalue weighted by molar-refractivity contribution is -0.144. The van der Waals surface area contributed by atoms with Gasteiger partial charge in [-0.1, -0.05) is 6.07 Å². The molecule has 1 aromatic carbocycles. The Kier molecular flexibility index (Phi) is 3.32. The number of benzene rings is 1. The molecular formula is C12H13NO4S. The summed E-state index contributed by atoms with van der Waals surface area (Å²) < 4.78 is 0. The number of hydrogen-bond donors (Lipinski definition) is 3. The molecule has 1 aliphatic rings. The number of carboxylic acid groups (broad SMARTS) is 1. The summed E-state index contributed by atoms with van der Waals surface area (Å²) in [4.78, 5) is 23.4. The molecule has 1 unspecified atom stereocenters. The van der Waals surface area contributed by atoms with Crippen LogP contribution in [0.1, 0.15) is 12.5 Å². The maximum atomic E-state index is 11.3. The van der Waals surface area contributed by atoms with E-state index in [4.69, 9.17) is 0 Å². The average molecular weight is 267 g/mol. The van der Waals surface area contributed by atoms with Gasteiger partial charge in [0.05, 0.1) is 18.0 Å². The summed E-state index contributed by atoms with van der Waals surface area (Å²) in [6.07, 6.45) is 0. The van der Waals surface area contributed by atoms with E-state index in [2.05, 4.69) is 5.32 Å². The quantitative estimate of drug-likeness (QED) is 0.762. The van der Waals surface area contributed by atoms with Crippen LogP contribution in [0.2, 0.25) is 0 Å². The lowest BCUT2D eigenvalue weighted by Crippen LogP contribution is -2.36. The molecule has 1 aromatic rings. The molecule has 96 valence electrons. The zero-order valence-electron chi connectivity index (χ0n) is 9.77. The first-order valence-corrected chi connectivity index (χ1v) is 6.37. The van der Waals surface area contributed by atoms with Crippen molar-refractivity contribution < 1.29 is 19.8 Å². The summed E-state index contributed by atoms with van der Waals surface area (Å²) in [6.45, 7) is 0.955. The molecule has 1 heterocycles. The van der Waals surface area contributed by atoms with Crippen molar-refractivity contribution in [2.75, 3.05) is 17.7 Å². The summed E-state index contributed by atoms with van der Waals surface area (Å²) >= 11 is 1.41. The van der Waals surface area contributed by atoms with Crippen molar-refractivity contribution in [3.8, 4) is 0 Å². The minimum Gasteiger partial charge on any atom is -0.481 e. The molecule has 0 radical (unpaired) electrons. The summed E-state index contributed by atoms with van der Waals surface area (Å²) in [5.74, 6) is -0.840. The number of aliphatic hydroxyl groups excluding tert-OH is 1. The maximum Gasteiger partial charge on any atom is 0.316 e. The van der Waals surface area contributed by atoms with Crippen molar-refractivity contribution in [3.05, 3.63) is 23.8 Å². The number of nitrogens with one attached hydrogen (secondary N) is 1. The van der Waals surface area contributed by atoms with Gasteiger partial charge in [-0.3, -0.25) is 9.59 Å².